The van der Waals surface area contributed by atoms with E-state index in [1.165, 1.54) is 32.2 Å². The second-order valence-corrected chi connectivity index (χ2v) is 7.22. The molecule has 1 amide bonds. The van der Waals surface area contributed by atoms with E-state index in [4.69, 9.17) is 4.74 Å². The number of methoxy groups -OCH3 is 1. The predicted octanol–water partition coefficient (Wildman–Crippen LogP) is 3.83. The maximum Gasteiger partial charge on any atom is 0.501 e. The van der Waals surface area contributed by atoms with Crippen molar-refractivity contribution < 1.29 is 35.5 Å². The van der Waals surface area contributed by atoms with Gasteiger partial charge in [0.1, 0.15) is 16.5 Å². The molecule has 0 bridgehead atoms. The van der Waals surface area contributed by atoms with E-state index in [0.29, 0.717) is 5.69 Å². The molecule has 0 aromatic heterocycles. The Morgan fingerprint density at radius 2 is 1.70 bits per heavy atom. The lowest BCUT2D eigenvalue weighted by molar-refractivity contribution is -0.114. The summed E-state index contributed by atoms with van der Waals surface area (Å²) >= 11 is 0. The minimum atomic E-state index is -5.78. The maximum absolute atomic E-state index is 13.4. The van der Waals surface area contributed by atoms with Gasteiger partial charge >= 0.3 is 5.51 Å². The van der Waals surface area contributed by atoms with Crippen molar-refractivity contribution in [1.82, 2.24) is 0 Å². The van der Waals surface area contributed by atoms with Crippen LogP contribution in [0.25, 0.3) is 0 Å². The predicted molar refractivity (Wildman–Crippen MR) is 90.2 cm³/mol. The van der Waals surface area contributed by atoms with E-state index in [0.717, 1.165) is 12.1 Å². The first-order valence-electron chi connectivity index (χ1n) is 7.29. The number of sulfone groups is 1. The van der Waals surface area contributed by atoms with E-state index in [1.54, 1.807) is 0 Å². The van der Waals surface area contributed by atoms with Gasteiger partial charge in [0.2, 0.25) is 5.91 Å². The molecule has 0 heterocycles. The molecule has 11 heteroatoms. The molecule has 146 valence electrons. The smallest absolute Gasteiger partial charge is 0.494 e. The SMILES string of the molecule is COc1cc(Nc2ccc(F)cc2S(=O)(=O)C(F)(F)F)ccc1NC(C)=O. The zero-order valence-electron chi connectivity index (χ0n) is 14.0. The van der Waals surface area contributed by atoms with Crippen LogP contribution in [0.2, 0.25) is 0 Å². The first kappa shape index (κ1) is 20.5. The Morgan fingerprint density at radius 3 is 2.26 bits per heavy atom. The quantitative estimate of drug-likeness (QED) is 0.738. The van der Waals surface area contributed by atoms with E-state index in [2.05, 4.69) is 10.6 Å². The average molecular weight is 406 g/mol. The minimum Gasteiger partial charge on any atom is -0.494 e. The van der Waals surface area contributed by atoms with Crippen LogP contribution in [0.1, 0.15) is 6.92 Å². The van der Waals surface area contributed by atoms with Gasteiger partial charge in [-0.15, -0.1) is 0 Å². The molecule has 2 rings (SSSR count). The number of halogens is 4. The number of amides is 1. The first-order chi connectivity index (χ1) is 12.5. The lowest BCUT2D eigenvalue weighted by Gasteiger charge is -2.16. The third kappa shape index (κ3) is 4.48. The molecule has 27 heavy (non-hydrogen) atoms. The molecule has 2 aromatic carbocycles. The molecule has 2 aromatic rings. The van der Waals surface area contributed by atoms with Crippen molar-refractivity contribution in [2.45, 2.75) is 17.3 Å². The second kappa shape index (κ2) is 7.43. The minimum absolute atomic E-state index is 0.159. The molecule has 0 radical (unpaired) electrons. The van der Waals surface area contributed by atoms with Gasteiger partial charge in [0.05, 0.1) is 18.5 Å². The van der Waals surface area contributed by atoms with Gasteiger partial charge in [0.15, 0.2) is 0 Å². The zero-order chi connectivity index (χ0) is 20.4. The summed E-state index contributed by atoms with van der Waals surface area (Å²) in [7, 11) is -4.47. The number of nitrogens with one attached hydrogen (secondary N) is 2. The van der Waals surface area contributed by atoms with Gasteiger partial charge in [-0.2, -0.15) is 13.2 Å². The highest BCUT2D eigenvalue weighted by Gasteiger charge is 2.48. The number of hydrogen-bond donors (Lipinski definition) is 2. The third-order valence-corrected chi connectivity index (χ3v) is 4.86. The van der Waals surface area contributed by atoms with E-state index < -0.39 is 31.7 Å². The average Bonchev–Trinajstić information content (AvgIpc) is 2.56. The van der Waals surface area contributed by atoms with Crippen LogP contribution in [-0.2, 0) is 14.6 Å². The van der Waals surface area contributed by atoms with Gasteiger partial charge in [0, 0.05) is 18.7 Å². The summed E-state index contributed by atoms with van der Waals surface area (Å²) < 4.78 is 80.5. The fourth-order valence-electron chi connectivity index (χ4n) is 2.16. The number of carbonyl (C=O) groups excluding carboxylic acids is 1. The number of carbonyl (C=O) groups is 1. The summed E-state index contributed by atoms with van der Waals surface area (Å²) in [5.41, 5.74) is -5.60. The molecule has 0 saturated carbocycles. The Morgan fingerprint density at radius 1 is 1.07 bits per heavy atom. The molecule has 0 fully saturated rings. The number of benzene rings is 2. The first-order valence-corrected chi connectivity index (χ1v) is 8.77. The number of hydrogen-bond acceptors (Lipinski definition) is 5. The molecule has 0 unspecified atom stereocenters. The Bertz CT molecular complexity index is 975. The Kier molecular flexibility index (Phi) is 5.64. The van der Waals surface area contributed by atoms with Gasteiger partial charge in [0.25, 0.3) is 9.84 Å². The highest BCUT2D eigenvalue weighted by molar-refractivity contribution is 7.92. The molecule has 0 aliphatic carbocycles. The largest absolute Gasteiger partial charge is 0.501 e. The highest BCUT2D eigenvalue weighted by atomic mass is 32.2. The van der Waals surface area contributed by atoms with Gasteiger partial charge in [-0.3, -0.25) is 4.79 Å². The van der Waals surface area contributed by atoms with Crippen LogP contribution < -0.4 is 15.4 Å². The van der Waals surface area contributed by atoms with Crippen molar-refractivity contribution in [3.8, 4) is 5.75 Å². The summed E-state index contributed by atoms with van der Waals surface area (Å²) in [6.45, 7) is 1.28. The van der Waals surface area contributed by atoms with Crippen LogP contribution in [0.4, 0.5) is 34.6 Å². The van der Waals surface area contributed by atoms with Gasteiger partial charge in [-0.25, -0.2) is 12.8 Å². The van der Waals surface area contributed by atoms with Gasteiger partial charge in [-0.1, -0.05) is 0 Å². The molecule has 6 nitrogen and oxygen atoms in total. The zero-order valence-corrected chi connectivity index (χ0v) is 14.8. The summed E-state index contributed by atoms with van der Waals surface area (Å²) in [5.74, 6) is -1.33. The van der Waals surface area contributed by atoms with Crippen molar-refractivity contribution in [3.05, 3.63) is 42.2 Å². The number of alkyl halides is 3. The third-order valence-electron chi connectivity index (χ3n) is 3.33. The number of ether oxygens (including phenoxy) is 1. The molecular formula is C16H14F4N2O4S. The van der Waals surface area contributed by atoms with E-state index in [-0.39, 0.29) is 23.4 Å². The molecule has 0 atom stereocenters. The monoisotopic (exact) mass is 406 g/mol. The van der Waals surface area contributed by atoms with Gasteiger partial charge in [-0.05, 0) is 30.3 Å². The lowest BCUT2D eigenvalue weighted by Crippen LogP contribution is -2.24. The van der Waals surface area contributed by atoms with Crippen LogP contribution in [0.15, 0.2) is 41.3 Å². The van der Waals surface area contributed by atoms with Crippen LogP contribution in [0.5, 0.6) is 5.75 Å². The number of rotatable bonds is 5. The Hall–Kier alpha value is -2.82. The van der Waals surface area contributed by atoms with Gasteiger partial charge < -0.3 is 15.4 Å². The van der Waals surface area contributed by atoms with E-state index >= 15 is 0 Å². The molecule has 0 spiro atoms. The molecule has 0 saturated heterocycles. The second-order valence-electron chi connectivity index (χ2n) is 5.31. The highest BCUT2D eigenvalue weighted by Crippen LogP contribution is 2.37. The van der Waals surface area contributed by atoms with E-state index in [1.807, 2.05) is 0 Å². The normalized spacial score (nSPS) is 11.8. The fourth-order valence-corrected chi connectivity index (χ4v) is 3.09. The van der Waals surface area contributed by atoms with E-state index in [9.17, 15) is 30.8 Å². The molecule has 2 N–H and O–H groups in total. The topological polar surface area (TPSA) is 84.5 Å². The Balaban J connectivity index is 2.48. The standard InChI is InChI=1S/C16H14F4N2O4S/c1-9(23)21-12-6-4-11(8-14(12)26-2)22-13-5-3-10(17)7-15(13)27(24,25)16(18,19)20/h3-8,22H,1-2H3,(H,21,23). The summed E-state index contributed by atoms with van der Waals surface area (Å²) in [6, 6.07) is 6.10. The maximum atomic E-state index is 13.4. The summed E-state index contributed by atoms with van der Waals surface area (Å²) in [5, 5.41) is 4.99. The fraction of sp³-hybridized carbons (Fsp3) is 0.188. The van der Waals surface area contributed by atoms with Crippen molar-refractivity contribution in [2.75, 3.05) is 17.7 Å². The van der Waals surface area contributed by atoms with Crippen molar-refractivity contribution in [2.24, 2.45) is 0 Å². The molecule has 0 aliphatic rings. The van der Waals surface area contributed by atoms with Crippen molar-refractivity contribution in [1.29, 1.82) is 0 Å². The van der Waals surface area contributed by atoms with Crippen LogP contribution in [-0.4, -0.2) is 26.9 Å². The van der Waals surface area contributed by atoms with Crippen LogP contribution in [0, 0.1) is 5.82 Å². The lowest BCUT2D eigenvalue weighted by atomic mass is 10.2. The number of anilines is 3. The summed E-state index contributed by atoms with van der Waals surface area (Å²) in [6.07, 6.45) is 0. The Labute approximate surface area is 152 Å². The molecular weight excluding hydrogens is 392 g/mol. The molecule has 0 aliphatic heterocycles. The van der Waals surface area contributed by atoms with Crippen LogP contribution >= 0.6 is 0 Å². The van der Waals surface area contributed by atoms with Crippen LogP contribution in [0.3, 0.4) is 0 Å². The summed E-state index contributed by atoms with van der Waals surface area (Å²) in [4.78, 5) is 9.90. The van der Waals surface area contributed by atoms with Crippen molar-refractivity contribution in [3.63, 3.8) is 0 Å². The van der Waals surface area contributed by atoms with Crippen molar-refractivity contribution >= 4 is 32.8 Å².